The Morgan fingerprint density at radius 3 is 1.03 bits per heavy atom. The summed E-state index contributed by atoms with van der Waals surface area (Å²) < 4.78 is 137. The van der Waals surface area contributed by atoms with Gasteiger partial charge in [-0.3, -0.25) is 9.98 Å². The van der Waals surface area contributed by atoms with Gasteiger partial charge in [-0.05, 0) is 24.3 Å². The zero-order valence-electron chi connectivity index (χ0n) is 18.9. The van der Waals surface area contributed by atoms with E-state index in [0.29, 0.717) is 12.4 Å². The van der Waals surface area contributed by atoms with Crippen LogP contribution in [0.4, 0.5) is 55.3 Å². The van der Waals surface area contributed by atoms with E-state index < -0.39 is 69.3 Å². The van der Waals surface area contributed by atoms with E-state index in [1.54, 1.807) is 12.1 Å². The highest BCUT2D eigenvalue weighted by atomic mass is 32.2. The highest BCUT2D eigenvalue weighted by molar-refractivity contribution is 7.99. The van der Waals surface area contributed by atoms with Gasteiger partial charge in [0.2, 0.25) is 11.6 Å². The molecule has 0 aliphatic rings. The van der Waals surface area contributed by atoms with Crippen molar-refractivity contribution in [3.63, 3.8) is 0 Å². The predicted molar refractivity (Wildman–Crippen MR) is 124 cm³/mol. The van der Waals surface area contributed by atoms with E-state index >= 15 is 0 Å². The topological polar surface area (TPSA) is 24.7 Å². The Morgan fingerprint density at radius 2 is 0.692 bits per heavy atom. The third-order valence-electron chi connectivity index (χ3n) is 5.10. The minimum atomic E-state index is -2.32. The molecule has 0 amide bonds. The number of hydrogen-bond acceptors (Lipinski definition) is 3. The second kappa shape index (κ2) is 11.3. The van der Waals surface area contributed by atoms with Gasteiger partial charge in [-0.15, -0.1) is 0 Å². The van der Waals surface area contributed by atoms with Crippen LogP contribution in [0.1, 0.15) is 11.1 Å². The lowest BCUT2D eigenvalue weighted by atomic mass is 10.2. The van der Waals surface area contributed by atoms with Crippen molar-refractivity contribution in [1.82, 2.24) is 0 Å². The summed E-state index contributed by atoms with van der Waals surface area (Å²) in [6.45, 7) is 0. The van der Waals surface area contributed by atoms with Crippen molar-refractivity contribution in [1.29, 1.82) is 0 Å². The largest absolute Gasteiger partial charge is 0.255 e. The van der Waals surface area contributed by atoms with Crippen molar-refractivity contribution in [2.24, 2.45) is 9.98 Å². The second-order valence-corrected chi connectivity index (χ2v) is 8.60. The van der Waals surface area contributed by atoms with E-state index in [4.69, 9.17) is 0 Å². The second-order valence-electron chi connectivity index (χ2n) is 7.52. The molecule has 200 valence electrons. The van der Waals surface area contributed by atoms with Gasteiger partial charge in [-0.25, -0.2) is 43.9 Å². The van der Waals surface area contributed by atoms with Crippen molar-refractivity contribution < 1.29 is 43.9 Å². The Bertz CT molecular complexity index is 1470. The number of benzene rings is 4. The summed E-state index contributed by atoms with van der Waals surface area (Å²) in [5.41, 5.74) is -2.46. The third kappa shape index (κ3) is 5.39. The van der Waals surface area contributed by atoms with E-state index in [1.807, 2.05) is 0 Å². The van der Waals surface area contributed by atoms with Gasteiger partial charge in [0.1, 0.15) is 0 Å². The highest BCUT2D eigenvalue weighted by Gasteiger charge is 2.26. The molecule has 0 fully saturated rings. The number of nitrogens with zero attached hydrogens (tertiary/aromatic N) is 2. The minimum absolute atomic E-state index is 0.0324. The molecule has 39 heavy (non-hydrogen) atoms. The number of aliphatic imine (C=N–C) groups is 2. The van der Waals surface area contributed by atoms with E-state index in [0.717, 1.165) is 11.8 Å². The molecule has 4 rings (SSSR count). The maximum absolute atomic E-state index is 14.0. The molecule has 0 atom stereocenters. The fourth-order valence-electron chi connectivity index (χ4n) is 3.16. The van der Waals surface area contributed by atoms with Crippen molar-refractivity contribution in [3.8, 4) is 0 Å². The zero-order valence-corrected chi connectivity index (χ0v) is 19.7. The molecule has 4 aromatic carbocycles. The Balaban J connectivity index is 1.69. The van der Waals surface area contributed by atoms with E-state index in [-0.39, 0.29) is 21.2 Å². The average molecular weight is 572 g/mol. The van der Waals surface area contributed by atoms with Crippen molar-refractivity contribution in [2.45, 2.75) is 9.79 Å². The standard InChI is InChI=1S/C26H10F10N2S/c27-17-11(18(28)22(32)25(35)21(17)31)9-37-13-5-1-3-7-15(13)39-16-8-4-2-6-14(16)38-10-12-19(29)23(33)26(36)24(34)20(12)30/h1-10H. The number of halogens is 10. The normalized spacial score (nSPS) is 11.7. The van der Waals surface area contributed by atoms with E-state index in [1.165, 1.54) is 36.4 Å². The first-order valence-electron chi connectivity index (χ1n) is 10.5. The average Bonchev–Trinajstić information content (AvgIpc) is 2.94. The molecule has 0 bridgehead atoms. The van der Waals surface area contributed by atoms with Crippen molar-refractivity contribution >= 4 is 35.6 Å². The van der Waals surface area contributed by atoms with Crippen LogP contribution in [0.15, 0.2) is 68.3 Å². The molecule has 4 aromatic rings. The van der Waals surface area contributed by atoms with Crippen molar-refractivity contribution in [2.75, 3.05) is 0 Å². The Morgan fingerprint density at radius 1 is 0.410 bits per heavy atom. The van der Waals surface area contributed by atoms with Crippen LogP contribution in [0.2, 0.25) is 0 Å². The van der Waals surface area contributed by atoms with Crippen LogP contribution in [0.5, 0.6) is 0 Å². The van der Waals surface area contributed by atoms with Gasteiger partial charge in [0.25, 0.3) is 0 Å². The summed E-state index contributed by atoms with van der Waals surface area (Å²) in [6, 6.07) is 11.7. The maximum atomic E-state index is 14.0. The minimum Gasteiger partial charge on any atom is -0.255 e. The quantitative estimate of drug-likeness (QED) is 0.0982. The fraction of sp³-hybridized carbons (Fsp3) is 0. The first-order valence-corrected chi connectivity index (χ1v) is 11.3. The zero-order chi connectivity index (χ0) is 28.4. The molecule has 0 aliphatic heterocycles. The number of rotatable bonds is 6. The van der Waals surface area contributed by atoms with E-state index in [9.17, 15) is 43.9 Å². The Hall–Kier alpha value is -4.13. The molecule has 0 N–H and O–H groups in total. The molecule has 2 nitrogen and oxygen atoms in total. The Kier molecular flexibility index (Phi) is 8.09. The molecular formula is C26H10F10N2S. The van der Waals surface area contributed by atoms with Crippen LogP contribution in [-0.2, 0) is 0 Å². The van der Waals surface area contributed by atoms with Gasteiger partial charge in [0.15, 0.2) is 46.5 Å². The molecule has 0 unspecified atom stereocenters. The van der Waals surface area contributed by atoms with Crippen LogP contribution in [0, 0.1) is 58.2 Å². The van der Waals surface area contributed by atoms with Crippen LogP contribution < -0.4 is 0 Å². The molecule has 0 saturated carbocycles. The molecule has 0 radical (unpaired) electrons. The van der Waals surface area contributed by atoms with E-state index in [2.05, 4.69) is 9.98 Å². The van der Waals surface area contributed by atoms with Crippen LogP contribution in [0.3, 0.4) is 0 Å². The van der Waals surface area contributed by atoms with Crippen LogP contribution in [0.25, 0.3) is 0 Å². The number of hydrogen-bond donors (Lipinski definition) is 0. The lowest BCUT2D eigenvalue weighted by Gasteiger charge is -2.09. The van der Waals surface area contributed by atoms with Crippen LogP contribution in [-0.4, -0.2) is 12.4 Å². The molecule has 0 saturated heterocycles. The summed E-state index contributed by atoms with van der Waals surface area (Å²) in [6.07, 6.45) is 0.922. The van der Waals surface area contributed by atoms with Gasteiger partial charge in [-0.2, -0.15) is 0 Å². The monoisotopic (exact) mass is 572 g/mol. The van der Waals surface area contributed by atoms with Gasteiger partial charge in [-0.1, -0.05) is 36.0 Å². The Labute approximate surface area is 217 Å². The number of para-hydroxylation sites is 2. The van der Waals surface area contributed by atoms with Gasteiger partial charge in [0.05, 0.1) is 22.5 Å². The van der Waals surface area contributed by atoms with Gasteiger partial charge < -0.3 is 0 Å². The summed E-state index contributed by atoms with van der Waals surface area (Å²) in [4.78, 5) is 8.26. The first-order chi connectivity index (χ1) is 18.5. The molecule has 0 aliphatic carbocycles. The van der Waals surface area contributed by atoms with Crippen LogP contribution >= 0.6 is 11.8 Å². The lowest BCUT2D eigenvalue weighted by Crippen LogP contribution is -2.06. The third-order valence-corrected chi connectivity index (χ3v) is 6.23. The fourth-order valence-corrected chi connectivity index (χ4v) is 4.14. The molecular weight excluding hydrogens is 562 g/mol. The summed E-state index contributed by atoms with van der Waals surface area (Å²) in [7, 11) is 0. The smallest absolute Gasteiger partial charge is 0.200 e. The molecule has 0 aromatic heterocycles. The molecule has 0 spiro atoms. The van der Waals surface area contributed by atoms with Gasteiger partial charge in [0, 0.05) is 22.2 Å². The molecule has 0 heterocycles. The first kappa shape index (κ1) is 27.9. The maximum Gasteiger partial charge on any atom is 0.200 e. The summed E-state index contributed by atoms with van der Waals surface area (Å²) in [5, 5.41) is 0. The molecule has 13 heteroatoms. The predicted octanol–water partition coefficient (Wildman–Crippen LogP) is 8.73. The summed E-state index contributed by atoms with van der Waals surface area (Å²) >= 11 is 0.927. The summed E-state index contributed by atoms with van der Waals surface area (Å²) in [5.74, 6) is -21.5. The lowest BCUT2D eigenvalue weighted by molar-refractivity contribution is 0.377. The van der Waals surface area contributed by atoms with Crippen molar-refractivity contribution in [3.05, 3.63) is 118 Å². The van der Waals surface area contributed by atoms with Gasteiger partial charge >= 0.3 is 0 Å². The SMILES string of the molecule is Fc1c(F)c(F)c(C=Nc2ccccc2Sc2ccccc2N=Cc2c(F)c(F)c(F)c(F)c2F)c(F)c1F. The highest BCUT2D eigenvalue weighted by Crippen LogP contribution is 2.39.